The van der Waals surface area contributed by atoms with Crippen molar-refractivity contribution in [1.29, 1.82) is 0 Å². The monoisotopic (exact) mass is 376 g/mol. The van der Waals surface area contributed by atoms with Crippen LogP contribution in [0.2, 0.25) is 0 Å². The standard InChI is InChI=1S/C22H24N4O2/c1-14(16-6-8-17(9-7-16)19-11-23-13-24-12-19)25-21(27)22(28)26-20-10-15-2-4-18(20)5-3-15/h2,4,6-9,11-15,18,20H,3,5,10H2,1H3,(H,25,27)(H,26,28). The molecule has 3 aliphatic rings. The van der Waals surface area contributed by atoms with Gasteiger partial charge in [-0.1, -0.05) is 36.4 Å². The summed E-state index contributed by atoms with van der Waals surface area (Å²) in [7, 11) is 0. The summed E-state index contributed by atoms with van der Waals surface area (Å²) in [5.74, 6) is -0.242. The number of allylic oxidation sites excluding steroid dienone is 1. The highest BCUT2D eigenvalue weighted by Crippen LogP contribution is 2.36. The van der Waals surface area contributed by atoms with Crippen molar-refractivity contribution in [2.75, 3.05) is 0 Å². The Kier molecular flexibility index (Phi) is 5.19. The Hall–Kier alpha value is -3.02. The second-order valence-electron chi connectivity index (χ2n) is 7.65. The fraction of sp³-hybridized carbons (Fsp3) is 0.364. The fourth-order valence-corrected chi connectivity index (χ4v) is 4.09. The SMILES string of the molecule is CC(NC(=O)C(=O)NC1CC2C=CC1CC2)c1ccc(-c2cncnc2)cc1. The van der Waals surface area contributed by atoms with Crippen LogP contribution in [0.25, 0.3) is 11.1 Å². The lowest BCUT2D eigenvalue weighted by Crippen LogP contribution is -2.50. The topological polar surface area (TPSA) is 84.0 Å². The van der Waals surface area contributed by atoms with Gasteiger partial charge in [-0.15, -0.1) is 0 Å². The van der Waals surface area contributed by atoms with Crippen LogP contribution in [0.4, 0.5) is 0 Å². The summed E-state index contributed by atoms with van der Waals surface area (Å²) in [6.07, 6.45) is 12.6. The van der Waals surface area contributed by atoms with Gasteiger partial charge in [0, 0.05) is 24.0 Å². The Bertz CT molecular complexity index is 879. The van der Waals surface area contributed by atoms with E-state index in [2.05, 4.69) is 32.8 Å². The van der Waals surface area contributed by atoms with E-state index in [0.717, 1.165) is 29.5 Å². The summed E-state index contributed by atoms with van der Waals surface area (Å²) in [6, 6.07) is 7.61. The number of hydrogen-bond acceptors (Lipinski definition) is 4. The number of amides is 2. The molecular formula is C22H24N4O2. The molecule has 1 fully saturated rings. The molecule has 1 heterocycles. The lowest BCUT2D eigenvalue weighted by Gasteiger charge is -2.38. The maximum absolute atomic E-state index is 12.3. The molecular weight excluding hydrogens is 352 g/mol. The van der Waals surface area contributed by atoms with Crippen molar-refractivity contribution in [2.45, 2.75) is 38.3 Å². The predicted octanol–water partition coefficient (Wildman–Crippen LogP) is 2.79. The van der Waals surface area contributed by atoms with Gasteiger partial charge >= 0.3 is 11.8 Å². The number of rotatable bonds is 4. The average Bonchev–Trinajstić information content (AvgIpc) is 2.75. The normalized spacial score (nSPS) is 23.8. The molecule has 0 radical (unpaired) electrons. The zero-order valence-electron chi connectivity index (χ0n) is 15.8. The van der Waals surface area contributed by atoms with Gasteiger partial charge in [-0.3, -0.25) is 9.59 Å². The van der Waals surface area contributed by atoms with Crippen LogP contribution < -0.4 is 10.6 Å². The average molecular weight is 376 g/mol. The van der Waals surface area contributed by atoms with Gasteiger partial charge in [0.1, 0.15) is 6.33 Å². The second kappa shape index (κ2) is 7.92. The predicted molar refractivity (Wildman–Crippen MR) is 106 cm³/mol. The Morgan fingerprint density at radius 2 is 1.75 bits per heavy atom. The van der Waals surface area contributed by atoms with E-state index in [1.807, 2.05) is 31.2 Å². The highest BCUT2D eigenvalue weighted by atomic mass is 16.2. The van der Waals surface area contributed by atoms with Crippen LogP contribution in [0.1, 0.15) is 37.8 Å². The smallest absolute Gasteiger partial charge is 0.309 e. The van der Waals surface area contributed by atoms with Crippen molar-refractivity contribution < 1.29 is 9.59 Å². The quantitative estimate of drug-likeness (QED) is 0.635. The molecule has 2 amide bonds. The number of nitrogens with zero attached hydrogens (tertiary/aromatic N) is 2. The molecule has 2 aromatic rings. The summed E-state index contributed by atoms with van der Waals surface area (Å²) in [5.41, 5.74) is 2.86. The summed E-state index contributed by atoms with van der Waals surface area (Å²) < 4.78 is 0. The van der Waals surface area contributed by atoms with Crippen molar-refractivity contribution >= 4 is 11.8 Å². The molecule has 4 unspecified atom stereocenters. The minimum atomic E-state index is -0.585. The summed E-state index contributed by atoms with van der Waals surface area (Å²) in [4.78, 5) is 32.7. The highest BCUT2D eigenvalue weighted by molar-refractivity contribution is 6.35. The van der Waals surface area contributed by atoms with E-state index in [4.69, 9.17) is 0 Å². The van der Waals surface area contributed by atoms with Crippen LogP contribution in [0, 0.1) is 11.8 Å². The Morgan fingerprint density at radius 1 is 1.00 bits per heavy atom. The fourth-order valence-electron chi connectivity index (χ4n) is 4.09. The third kappa shape index (κ3) is 3.96. The Labute approximate surface area is 164 Å². The first-order valence-corrected chi connectivity index (χ1v) is 9.75. The molecule has 0 aliphatic heterocycles. The van der Waals surface area contributed by atoms with Crippen LogP contribution in [0.15, 0.2) is 55.1 Å². The number of carbonyl (C=O) groups excluding carboxylic acids is 2. The van der Waals surface area contributed by atoms with Crippen molar-refractivity contribution in [1.82, 2.24) is 20.6 Å². The molecule has 2 bridgehead atoms. The van der Waals surface area contributed by atoms with Crippen molar-refractivity contribution in [3.05, 3.63) is 60.7 Å². The highest BCUT2D eigenvalue weighted by Gasteiger charge is 2.33. The summed E-state index contributed by atoms with van der Waals surface area (Å²) in [5, 5.41) is 5.72. The van der Waals surface area contributed by atoms with Gasteiger partial charge in [-0.05, 0) is 49.1 Å². The largest absolute Gasteiger partial charge is 0.344 e. The van der Waals surface area contributed by atoms with Crippen molar-refractivity contribution in [3.8, 4) is 11.1 Å². The van der Waals surface area contributed by atoms with E-state index in [0.29, 0.717) is 11.8 Å². The molecule has 144 valence electrons. The summed E-state index contributed by atoms with van der Waals surface area (Å²) >= 11 is 0. The van der Waals surface area contributed by atoms with Crippen LogP contribution >= 0.6 is 0 Å². The molecule has 4 atom stereocenters. The maximum Gasteiger partial charge on any atom is 0.309 e. The molecule has 0 spiro atoms. The van der Waals surface area contributed by atoms with Gasteiger partial charge < -0.3 is 10.6 Å². The number of nitrogens with one attached hydrogen (secondary N) is 2. The number of carbonyl (C=O) groups is 2. The molecule has 3 aliphatic carbocycles. The first-order chi connectivity index (χ1) is 13.6. The maximum atomic E-state index is 12.3. The number of hydrogen-bond donors (Lipinski definition) is 2. The van der Waals surface area contributed by atoms with Gasteiger partial charge in [-0.2, -0.15) is 0 Å². The molecule has 1 aromatic heterocycles. The molecule has 28 heavy (non-hydrogen) atoms. The third-order valence-electron chi connectivity index (χ3n) is 5.75. The van der Waals surface area contributed by atoms with Gasteiger partial charge in [0.25, 0.3) is 0 Å². The van der Waals surface area contributed by atoms with E-state index >= 15 is 0 Å². The number of fused-ring (bicyclic) bond motifs is 2. The Balaban J connectivity index is 1.34. The minimum Gasteiger partial charge on any atom is -0.344 e. The van der Waals surface area contributed by atoms with E-state index in [9.17, 15) is 9.59 Å². The molecule has 5 rings (SSSR count). The number of benzene rings is 1. The first-order valence-electron chi connectivity index (χ1n) is 9.75. The molecule has 1 saturated carbocycles. The third-order valence-corrected chi connectivity index (χ3v) is 5.75. The minimum absolute atomic E-state index is 0.0738. The van der Waals surface area contributed by atoms with Crippen LogP contribution in [-0.2, 0) is 9.59 Å². The molecule has 0 saturated heterocycles. The van der Waals surface area contributed by atoms with Crippen LogP contribution in [0.3, 0.4) is 0 Å². The van der Waals surface area contributed by atoms with Gasteiger partial charge in [0.15, 0.2) is 0 Å². The van der Waals surface area contributed by atoms with Gasteiger partial charge in [0.05, 0.1) is 6.04 Å². The molecule has 6 nitrogen and oxygen atoms in total. The zero-order chi connectivity index (χ0) is 19.5. The lowest BCUT2D eigenvalue weighted by molar-refractivity contribution is -0.140. The van der Waals surface area contributed by atoms with E-state index in [-0.39, 0.29) is 12.1 Å². The van der Waals surface area contributed by atoms with Crippen LogP contribution in [0.5, 0.6) is 0 Å². The molecule has 6 heteroatoms. The second-order valence-corrected chi connectivity index (χ2v) is 7.65. The van der Waals surface area contributed by atoms with Crippen molar-refractivity contribution in [2.24, 2.45) is 11.8 Å². The van der Waals surface area contributed by atoms with Crippen molar-refractivity contribution in [3.63, 3.8) is 0 Å². The Morgan fingerprint density at radius 3 is 2.36 bits per heavy atom. The molecule has 1 aromatic carbocycles. The van der Waals surface area contributed by atoms with E-state index in [1.165, 1.54) is 12.7 Å². The van der Waals surface area contributed by atoms with Crippen LogP contribution in [-0.4, -0.2) is 27.8 Å². The van der Waals surface area contributed by atoms with Gasteiger partial charge in [0.2, 0.25) is 0 Å². The lowest BCUT2D eigenvalue weighted by atomic mass is 9.73. The first kappa shape index (κ1) is 18.3. The van der Waals surface area contributed by atoms with E-state index in [1.54, 1.807) is 12.4 Å². The van der Waals surface area contributed by atoms with E-state index < -0.39 is 11.8 Å². The zero-order valence-corrected chi connectivity index (χ0v) is 15.8. The van der Waals surface area contributed by atoms with Gasteiger partial charge in [-0.25, -0.2) is 9.97 Å². The molecule has 2 N–H and O–H groups in total. The number of aromatic nitrogens is 2. The summed E-state index contributed by atoms with van der Waals surface area (Å²) in [6.45, 7) is 1.87.